The highest BCUT2D eigenvalue weighted by molar-refractivity contribution is 6.31. The number of benzene rings is 1. The van der Waals surface area contributed by atoms with Gasteiger partial charge in [0.25, 0.3) is 0 Å². The van der Waals surface area contributed by atoms with Gasteiger partial charge in [0.15, 0.2) is 0 Å². The minimum Gasteiger partial charge on any atom is -0.465 e. The number of hydrazine groups is 1. The van der Waals surface area contributed by atoms with Crippen molar-refractivity contribution in [2.45, 2.75) is 32.8 Å². The second kappa shape index (κ2) is 6.66. The van der Waals surface area contributed by atoms with Crippen LogP contribution in [-0.2, 0) is 9.47 Å². The zero-order valence-corrected chi connectivity index (χ0v) is 14.5. The monoisotopic (exact) mass is 340 g/mol. The number of carbonyl (C=O) groups is 2. The molecular formula is C16H21ClN2O4. The van der Waals surface area contributed by atoms with Gasteiger partial charge in [-0.05, 0) is 45.4 Å². The van der Waals surface area contributed by atoms with E-state index in [1.54, 1.807) is 17.1 Å². The largest absolute Gasteiger partial charge is 0.465 e. The van der Waals surface area contributed by atoms with E-state index in [0.717, 1.165) is 6.42 Å². The van der Waals surface area contributed by atoms with Crippen molar-refractivity contribution in [1.82, 2.24) is 5.01 Å². The van der Waals surface area contributed by atoms with Crippen LogP contribution in [0.1, 0.15) is 37.6 Å². The van der Waals surface area contributed by atoms with Gasteiger partial charge < -0.3 is 9.47 Å². The second-order valence-electron chi connectivity index (χ2n) is 6.23. The van der Waals surface area contributed by atoms with Crippen LogP contribution in [-0.4, -0.2) is 42.9 Å². The summed E-state index contributed by atoms with van der Waals surface area (Å²) in [6.45, 7) is 6.57. The van der Waals surface area contributed by atoms with Crippen molar-refractivity contribution in [3.63, 3.8) is 0 Å². The summed E-state index contributed by atoms with van der Waals surface area (Å²) >= 11 is 5.98. The molecule has 7 heteroatoms. The molecule has 1 saturated heterocycles. The van der Waals surface area contributed by atoms with E-state index in [2.05, 4.69) is 0 Å². The summed E-state index contributed by atoms with van der Waals surface area (Å²) in [5, 5.41) is 3.66. The molecule has 1 heterocycles. The van der Waals surface area contributed by atoms with Gasteiger partial charge in [0.1, 0.15) is 5.60 Å². The Morgan fingerprint density at radius 2 is 1.91 bits per heavy atom. The lowest BCUT2D eigenvalue weighted by Crippen LogP contribution is -2.44. The van der Waals surface area contributed by atoms with Gasteiger partial charge in [-0.15, -0.1) is 0 Å². The van der Waals surface area contributed by atoms with Crippen LogP contribution < -0.4 is 5.01 Å². The predicted molar refractivity (Wildman–Crippen MR) is 87.7 cm³/mol. The summed E-state index contributed by atoms with van der Waals surface area (Å²) in [5.74, 6) is -0.501. The molecule has 0 spiro atoms. The highest BCUT2D eigenvalue weighted by Gasteiger charge is 2.33. The molecule has 0 saturated carbocycles. The van der Waals surface area contributed by atoms with Crippen molar-refractivity contribution in [3.8, 4) is 0 Å². The van der Waals surface area contributed by atoms with Crippen LogP contribution in [0.2, 0.25) is 5.02 Å². The van der Waals surface area contributed by atoms with Crippen molar-refractivity contribution >= 4 is 29.4 Å². The molecule has 6 nitrogen and oxygen atoms in total. The maximum absolute atomic E-state index is 12.4. The highest BCUT2D eigenvalue weighted by atomic mass is 35.5. The number of methoxy groups -OCH3 is 1. The van der Waals surface area contributed by atoms with E-state index in [0.29, 0.717) is 29.4 Å². The molecule has 0 atom stereocenters. The number of anilines is 1. The van der Waals surface area contributed by atoms with Gasteiger partial charge >= 0.3 is 12.1 Å². The summed E-state index contributed by atoms with van der Waals surface area (Å²) in [7, 11) is 1.31. The molecule has 0 aromatic heterocycles. The molecule has 0 bridgehead atoms. The lowest BCUT2D eigenvalue weighted by molar-refractivity contribution is 0.0272. The molecule has 1 fully saturated rings. The van der Waals surface area contributed by atoms with Gasteiger partial charge in [0, 0.05) is 18.1 Å². The third-order valence-electron chi connectivity index (χ3n) is 3.28. The Morgan fingerprint density at radius 3 is 2.52 bits per heavy atom. The van der Waals surface area contributed by atoms with Gasteiger partial charge in [-0.2, -0.15) is 0 Å². The summed E-state index contributed by atoms with van der Waals surface area (Å²) in [4.78, 5) is 24.4. The first kappa shape index (κ1) is 17.4. The van der Waals surface area contributed by atoms with E-state index < -0.39 is 17.7 Å². The van der Waals surface area contributed by atoms with Crippen LogP contribution in [0.5, 0.6) is 0 Å². The average molecular weight is 341 g/mol. The molecule has 23 heavy (non-hydrogen) atoms. The molecule has 1 aromatic rings. The summed E-state index contributed by atoms with van der Waals surface area (Å²) < 4.78 is 10.2. The zero-order chi connectivity index (χ0) is 17.2. The minimum atomic E-state index is -0.587. The first-order valence-corrected chi connectivity index (χ1v) is 7.76. The fourth-order valence-corrected chi connectivity index (χ4v) is 2.55. The molecule has 2 rings (SSSR count). The molecule has 1 aromatic carbocycles. The number of esters is 1. The maximum Gasteiger partial charge on any atom is 0.429 e. The number of rotatable bonds is 2. The molecule has 0 radical (unpaired) electrons. The first-order valence-electron chi connectivity index (χ1n) is 7.39. The van der Waals surface area contributed by atoms with Crippen molar-refractivity contribution in [3.05, 3.63) is 28.8 Å². The SMILES string of the molecule is COC(=O)c1cc(Cl)ccc1N1CCCN1C(=O)OC(C)(C)C. The molecule has 0 aliphatic carbocycles. The zero-order valence-electron chi connectivity index (χ0n) is 13.8. The number of amides is 1. The molecular weight excluding hydrogens is 320 g/mol. The smallest absolute Gasteiger partial charge is 0.429 e. The molecule has 0 unspecified atom stereocenters. The predicted octanol–water partition coefficient (Wildman–Crippen LogP) is 3.49. The molecule has 1 aliphatic heterocycles. The molecule has 1 aliphatic rings. The van der Waals surface area contributed by atoms with Crippen LogP contribution in [0.15, 0.2) is 18.2 Å². The Labute approximate surface area is 140 Å². The summed E-state index contributed by atoms with van der Waals surface area (Å²) in [5.41, 5.74) is 0.302. The van der Waals surface area contributed by atoms with Crippen LogP contribution in [0.4, 0.5) is 10.5 Å². The Morgan fingerprint density at radius 1 is 1.22 bits per heavy atom. The molecule has 1 amide bonds. The Balaban J connectivity index is 2.33. The topological polar surface area (TPSA) is 59.1 Å². The van der Waals surface area contributed by atoms with Crippen LogP contribution in [0, 0.1) is 0 Å². The fraction of sp³-hybridized carbons (Fsp3) is 0.500. The van der Waals surface area contributed by atoms with E-state index >= 15 is 0 Å². The van der Waals surface area contributed by atoms with Crippen molar-refractivity contribution < 1.29 is 19.1 Å². The minimum absolute atomic E-state index is 0.315. The summed E-state index contributed by atoms with van der Waals surface area (Å²) in [6.07, 6.45) is 0.337. The summed E-state index contributed by atoms with van der Waals surface area (Å²) in [6, 6.07) is 4.92. The maximum atomic E-state index is 12.4. The number of hydrogen-bond donors (Lipinski definition) is 0. The molecule has 0 N–H and O–H groups in total. The van der Waals surface area contributed by atoms with E-state index in [4.69, 9.17) is 21.1 Å². The first-order chi connectivity index (χ1) is 10.7. The van der Waals surface area contributed by atoms with Gasteiger partial charge in [-0.3, -0.25) is 5.01 Å². The van der Waals surface area contributed by atoms with Crippen molar-refractivity contribution in [2.24, 2.45) is 0 Å². The third-order valence-corrected chi connectivity index (χ3v) is 3.51. The number of hydrogen-bond acceptors (Lipinski definition) is 5. The normalized spacial score (nSPS) is 14.8. The number of carbonyl (C=O) groups excluding carboxylic acids is 2. The van der Waals surface area contributed by atoms with E-state index in [1.807, 2.05) is 20.8 Å². The Kier molecular flexibility index (Phi) is 5.04. The van der Waals surface area contributed by atoms with Gasteiger partial charge in [-0.25, -0.2) is 14.6 Å². The van der Waals surface area contributed by atoms with Crippen molar-refractivity contribution in [2.75, 3.05) is 25.2 Å². The lowest BCUT2D eigenvalue weighted by Gasteiger charge is -2.32. The molecule has 126 valence electrons. The van der Waals surface area contributed by atoms with Crippen LogP contribution in [0.3, 0.4) is 0 Å². The number of nitrogens with zero attached hydrogens (tertiary/aromatic N) is 2. The van der Waals surface area contributed by atoms with E-state index in [9.17, 15) is 9.59 Å². The van der Waals surface area contributed by atoms with Gasteiger partial charge in [0.2, 0.25) is 0 Å². The average Bonchev–Trinajstić information content (AvgIpc) is 2.94. The van der Waals surface area contributed by atoms with Gasteiger partial charge in [-0.1, -0.05) is 11.6 Å². The second-order valence-corrected chi connectivity index (χ2v) is 6.67. The fourth-order valence-electron chi connectivity index (χ4n) is 2.37. The van der Waals surface area contributed by atoms with Gasteiger partial charge in [0.05, 0.1) is 18.4 Å². The van der Waals surface area contributed by atoms with Crippen LogP contribution in [0.25, 0.3) is 0 Å². The number of halogens is 1. The quantitative estimate of drug-likeness (QED) is 0.771. The third kappa shape index (κ3) is 4.07. The lowest BCUT2D eigenvalue weighted by atomic mass is 10.1. The van der Waals surface area contributed by atoms with E-state index in [-0.39, 0.29) is 0 Å². The Bertz CT molecular complexity index is 613. The highest BCUT2D eigenvalue weighted by Crippen LogP contribution is 2.30. The Hall–Kier alpha value is -1.95. The standard InChI is InChI=1S/C16H21ClN2O4/c1-16(2,3)23-15(21)19-9-5-8-18(19)13-7-6-11(17)10-12(13)14(20)22-4/h6-7,10H,5,8-9H2,1-4H3. The van der Waals surface area contributed by atoms with Crippen LogP contribution >= 0.6 is 11.6 Å². The number of ether oxygens (including phenoxy) is 2. The van der Waals surface area contributed by atoms with Crippen molar-refractivity contribution in [1.29, 1.82) is 0 Å². The van der Waals surface area contributed by atoms with E-state index in [1.165, 1.54) is 18.2 Å².